The Balaban J connectivity index is 2.28. The third-order valence-corrected chi connectivity index (χ3v) is 2.73. The summed E-state index contributed by atoms with van der Waals surface area (Å²) in [6.45, 7) is 0. The van der Waals surface area contributed by atoms with Crippen LogP contribution in [0.25, 0.3) is 0 Å². The van der Waals surface area contributed by atoms with Crippen LogP contribution in [-0.4, -0.2) is 5.11 Å². The summed E-state index contributed by atoms with van der Waals surface area (Å²) in [7, 11) is 0. The van der Waals surface area contributed by atoms with E-state index in [-0.39, 0.29) is 11.8 Å². The lowest BCUT2D eigenvalue weighted by atomic mass is 10.00. The second-order valence-corrected chi connectivity index (χ2v) is 4.06. The van der Waals surface area contributed by atoms with Crippen LogP contribution in [0, 0.1) is 0 Å². The van der Waals surface area contributed by atoms with Crippen molar-refractivity contribution in [3.05, 3.63) is 64.7 Å². The zero-order chi connectivity index (χ0) is 11.5. The highest BCUT2D eigenvalue weighted by molar-refractivity contribution is 6.30. The molecule has 0 aliphatic rings. The fourth-order valence-electron chi connectivity index (χ4n) is 1.54. The Labute approximate surface area is 99.3 Å². The van der Waals surface area contributed by atoms with Gasteiger partial charge in [0.1, 0.15) is 5.75 Å². The standard InChI is InChI=1S/C13H12ClNO/c14-11-5-1-9(2-6-11)13(15)10-3-7-12(16)8-4-10/h1-8,13,16H,15H2. The number of benzene rings is 2. The molecule has 0 saturated carbocycles. The number of halogens is 1. The van der Waals surface area contributed by atoms with Gasteiger partial charge in [-0.3, -0.25) is 0 Å². The molecule has 0 amide bonds. The van der Waals surface area contributed by atoms with Gasteiger partial charge in [0.25, 0.3) is 0 Å². The van der Waals surface area contributed by atoms with Crippen LogP contribution < -0.4 is 5.73 Å². The zero-order valence-electron chi connectivity index (χ0n) is 8.60. The Kier molecular flexibility index (Phi) is 3.13. The molecule has 2 nitrogen and oxygen atoms in total. The van der Waals surface area contributed by atoms with Crippen molar-refractivity contribution in [1.82, 2.24) is 0 Å². The summed E-state index contributed by atoms with van der Waals surface area (Å²) in [6.07, 6.45) is 0. The largest absolute Gasteiger partial charge is 0.508 e. The molecule has 0 aliphatic carbocycles. The molecule has 0 aliphatic heterocycles. The molecule has 0 heterocycles. The lowest BCUT2D eigenvalue weighted by molar-refractivity contribution is 0.475. The lowest BCUT2D eigenvalue weighted by Crippen LogP contribution is -2.11. The van der Waals surface area contributed by atoms with E-state index in [2.05, 4.69) is 0 Å². The zero-order valence-corrected chi connectivity index (χ0v) is 9.35. The van der Waals surface area contributed by atoms with Crippen LogP contribution in [0.5, 0.6) is 5.75 Å². The Hall–Kier alpha value is -1.51. The van der Waals surface area contributed by atoms with Gasteiger partial charge in [-0.2, -0.15) is 0 Å². The first-order chi connectivity index (χ1) is 7.66. The van der Waals surface area contributed by atoms with E-state index in [1.54, 1.807) is 12.1 Å². The van der Waals surface area contributed by atoms with Gasteiger partial charge in [-0.1, -0.05) is 35.9 Å². The first-order valence-electron chi connectivity index (χ1n) is 4.97. The summed E-state index contributed by atoms with van der Waals surface area (Å²) in [5, 5.41) is 9.88. The second-order valence-electron chi connectivity index (χ2n) is 3.62. The van der Waals surface area contributed by atoms with Gasteiger partial charge in [0.05, 0.1) is 6.04 Å². The number of aromatic hydroxyl groups is 1. The lowest BCUT2D eigenvalue weighted by Gasteiger charge is -2.12. The van der Waals surface area contributed by atoms with Gasteiger partial charge in [0, 0.05) is 5.02 Å². The van der Waals surface area contributed by atoms with Crippen molar-refractivity contribution in [2.45, 2.75) is 6.04 Å². The number of nitrogens with two attached hydrogens (primary N) is 1. The topological polar surface area (TPSA) is 46.2 Å². The van der Waals surface area contributed by atoms with Gasteiger partial charge in [-0.05, 0) is 35.4 Å². The normalized spacial score (nSPS) is 12.4. The maximum absolute atomic E-state index is 9.19. The fraction of sp³-hybridized carbons (Fsp3) is 0.0769. The SMILES string of the molecule is NC(c1ccc(O)cc1)c1ccc(Cl)cc1. The molecule has 0 bridgehead atoms. The van der Waals surface area contributed by atoms with E-state index in [9.17, 15) is 5.11 Å². The van der Waals surface area contributed by atoms with Gasteiger partial charge in [0.2, 0.25) is 0 Å². The van der Waals surface area contributed by atoms with E-state index in [1.165, 1.54) is 0 Å². The third-order valence-electron chi connectivity index (χ3n) is 2.48. The van der Waals surface area contributed by atoms with E-state index in [0.717, 1.165) is 11.1 Å². The van der Waals surface area contributed by atoms with Crippen molar-refractivity contribution in [1.29, 1.82) is 0 Å². The summed E-state index contributed by atoms with van der Waals surface area (Å²) >= 11 is 5.81. The van der Waals surface area contributed by atoms with E-state index in [0.29, 0.717) is 5.02 Å². The number of phenolic OH excluding ortho intramolecular Hbond substituents is 1. The van der Waals surface area contributed by atoms with Crippen molar-refractivity contribution in [2.24, 2.45) is 5.73 Å². The molecule has 0 fully saturated rings. The smallest absolute Gasteiger partial charge is 0.115 e. The highest BCUT2D eigenvalue weighted by atomic mass is 35.5. The quantitative estimate of drug-likeness (QED) is 0.837. The van der Waals surface area contributed by atoms with Crippen molar-refractivity contribution in [3.63, 3.8) is 0 Å². The molecule has 1 unspecified atom stereocenters. The molecule has 2 aromatic carbocycles. The molecule has 0 radical (unpaired) electrons. The molecule has 82 valence electrons. The van der Waals surface area contributed by atoms with Gasteiger partial charge >= 0.3 is 0 Å². The van der Waals surface area contributed by atoms with Crippen LogP contribution in [0.1, 0.15) is 17.2 Å². The molecule has 3 N–H and O–H groups in total. The molecule has 2 rings (SSSR count). The number of hydrogen-bond donors (Lipinski definition) is 2. The number of phenols is 1. The summed E-state index contributed by atoms with van der Waals surface area (Å²) < 4.78 is 0. The molecule has 16 heavy (non-hydrogen) atoms. The van der Waals surface area contributed by atoms with Crippen LogP contribution in [-0.2, 0) is 0 Å². The summed E-state index contributed by atoms with van der Waals surface area (Å²) in [4.78, 5) is 0. The van der Waals surface area contributed by atoms with Gasteiger partial charge in [-0.15, -0.1) is 0 Å². The molecule has 1 atom stereocenters. The van der Waals surface area contributed by atoms with Crippen molar-refractivity contribution < 1.29 is 5.11 Å². The minimum Gasteiger partial charge on any atom is -0.508 e. The maximum Gasteiger partial charge on any atom is 0.115 e. The molecule has 3 heteroatoms. The van der Waals surface area contributed by atoms with Gasteiger partial charge in [0.15, 0.2) is 0 Å². The molecule has 0 spiro atoms. The van der Waals surface area contributed by atoms with E-state index in [4.69, 9.17) is 17.3 Å². The first kappa shape index (κ1) is 11.0. The Morgan fingerprint density at radius 1 is 0.875 bits per heavy atom. The van der Waals surface area contributed by atoms with Crippen molar-refractivity contribution >= 4 is 11.6 Å². The first-order valence-corrected chi connectivity index (χ1v) is 5.34. The summed E-state index contributed by atoms with van der Waals surface area (Å²) in [5.41, 5.74) is 8.05. The van der Waals surface area contributed by atoms with Gasteiger partial charge in [-0.25, -0.2) is 0 Å². The van der Waals surface area contributed by atoms with Crippen LogP contribution in [0.4, 0.5) is 0 Å². The van der Waals surface area contributed by atoms with Gasteiger partial charge < -0.3 is 10.8 Å². The second kappa shape index (κ2) is 4.56. The predicted octanol–water partition coefficient (Wildman–Crippen LogP) is 3.09. The molecular formula is C13H12ClNO. The molecule has 0 aromatic heterocycles. The Morgan fingerprint density at radius 3 is 1.81 bits per heavy atom. The van der Waals surface area contributed by atoms with Crippen LogP contribution in [0.15, 0.2) is 48.5 Å². The molecule has 0 saturated heterocycles. The summed E-state index contributed by atoms with van der Waals surface area (Å²) in [6, 6.07) is 14.1. The van der Waals surface area contributed by atoms with Crippen LogP contribution in [0.3, 0.4) is 0 Å². The van der Waals surface area contributed by atoms with Crippen LogP contribution >= 0.6 is 11.6 Å². The monoisotopic (exact) mass is 233 g/mol. The minimum absolute atomic E-state index is 0.196. The van der Waals surface area contributed by atoms with E-state index < -0.39 is 0 Å². The van der Waals surface area contributed by atoms with Crippen molar-refractivity contribution in [2.75, 3.05) is 0 Å². The molecular weight excluding hydrogens is 222 g/mol. The number of rotatable bonds is 2. The van der Waals surface area contributed by atoms with E-state index >= 15 is 0 Å². The Bertz CT molecular complexity index is 419. The highest BCUT2D eigenvalue weighted by Gasteiger charge is 2.08. The highest BCUT2D eigenvalue weighted by Crippen LogP contribution is 2.22. The minimum atomic E-state index is -0.196. The third kappa shape index (κ3) is 2.35. The van der Waals surface area contributed by atoms with Crippen LogP contribution in [0.2, 0.25) is 5.02 Å². The molecule has 2 aromatic rings. The fourth-order valence-corrected chi connectivity index (χ4v) is 1.67. The average Bonchev–Trinajstić information content (AvgIpc) is 2.30. The Morgan fingerprint density at radius 2 is 1.31 bits per heavy atom. The summed E-state index contributed by atoms with van der Waals surface area (Å²) in [5.74, 6) is 0.243. The predicted molar refractivity (Wildman–Crippen MR) is 65.6 cm³/mol. The number of hydrogen-bond acceptors (Lipinski definition) is 2. The maximum atomic E-state index is 9.19. The average molecular weight is 234 g/mol. The van der Waals surface area contributed by atoms with E-state index in [1.807, 2.05) is 36.4 Å². The van der Waals surface area contributed by atoms with Crippen molar-refractivity contribution in [3.8, 4) is 5.75 Å².